The molecule has 0 bridgehead atoms. The summed E-state index contributed by atoms with van der Waals surface area (Å²) in [7, 11) is 0. The van der Waals surface area contributed by atoms with Gasteiger partial charge in [0.1, 0.15) is 12.3 Å². The van der Waals surface area contributed by atoms with Gasteiger partial charge in [-0.25, -0.2) is 4.98 Å². The van der Waals surface area contributed by atoms with Crippen LogP contribution in [0.5, 0.6) is 0 Å². The van der Waals surface area contributed by atoms with E-state index in [9.17, 15) is 5.21 Å². The van der Waals surface area contributed by atoms with Crippen LogP contribution in [0.15, 0.2) is 30.5 Å². The van der Waals surface area contributed by atoms with Crippen molar-refractivity contribution < 1.29 is 15.0 Å². The quantitative estimate of drug-likeness (QED) is 0.645. The Bertz CT molecular complexity index is 619. The Hall–Kier alpha value is -2.34. The molecule has 0 unspecified atom stereocenters. The monoisotopic (exact) mass is 245 g/mol. The molecule has 0 atom stereocenters. The van der Waals surface area contributed by atoms with Crippen LogP contribution >= 0.6 is 0 Å². The average Bonchev–Trinajstić information content (AvgIpc) is 2.97. The van der Waals surface area contributed by atoms with E-state index >= 15 is 0 Å². The number of hydrogen-bond donors (Lipinski definition) is 1. The summed E-state index contributed by atoms with van der Waals surface area (Å²) in [6.45, 7) is 2.24. The van der Waals surface area contributed by atoms with Crippen molar-refractivity contribution in [3.8, 4) is 11.4 Å². The van der Waals surface area contributed by atoms with E-state index in [-0.39, 0.29) is 0 Å². The molecule has 3 heterocycles. The Morgan fingerprint density at radius 2 is 2.28 bits per heavy atom. The fourth-order valence-corrected chi connectivity index (χ4v) is 1.74. The molecule has 2 aromatic rings. The number of hydrogen-bond acceptors (Lipinski definition) is 5. The molecule has 0 radical (unpaired) electrons. The van der Waals surface area contributed by atoms with Gasteiger partial charge in [0.05, 0.1) is 11.9 Å². The summed E-state index contributed by atoms with van der Waals surface area (Å²) in [4.78, 5) is 18.1. The van der Waals surface area contributed by atoms with Gasteiger partial charge in [0.15, 0.2) is 0 Å². The van der Waals surface area contributed by atoms with Crippen molar-refractivity contribution in [3.05, 3.63) is 42.0 Å². The summed E-state index contributed by atoms with van der Waals surface area (Å²) in [5, 5.41) is 10.1. The summed E-state index contributed by atoms with van der Waals surface area (Å²) in [5.41, 5.74) is 2.02. The van der Waals surface area contributed by atoms with Crippen LogP contribution in [0.4, 0.5) is 0 Å². The van der Waals surface area contributed by atoms with Gasteiger partial charge in [0.2, 0.25) is 11.6 Å². The summed E-state index contributed by atoms with van der Waals surface area (Å²) in [6.07, 6.45) is 3.24. The Morgan fingerprint density at radius 1 is 1.39 bits per heavy atom. The molecule has 2 aromatic heterocycles. The number of imidazole rings is 1. The number of pyridine rings is 1. The van der Waals surface area contributed by atoms with Crippen molar-refractivity contribution in [2.45, 2.75) is 6.92 Å². The zero-order chi connectivity index (χ0) is 12.5. The fraction of sp³-hybridized carbons (Fsp3) is 0.167. The van der Waals surface area contributed by atoms with Crippen molar-refractivity contribution in [1.82, 2.24) is 14.7 Å². The van der Waals surface area contributed by atoms with E-state index in [1.807, 2.05) is 19.1 Å². The van der Waals surface area contributed by atoms with Crippen molar-refractivity contribution in [1.29, 1.82) is 0 Å². The molecule has 6 heteroatoms. The number of nitrogens with zero attached hydrogens (tertiary/aromatic N) is 3. The second-order valence-electron chi connectivity index (χ2n) is 3.88. The minimum Gasteiger partial charge on any atom is -0.426 e. The molecule has 0 saturated heterocycles. The van der Waals surface area contributed by atoms with Gasteiger partial charge in [0, 0.05) is 5.69 Å². The van der Waals surface area contributed by atoms with E-state index in [2.05, 4.69) is 9.97 Å². The minimum atomic E-state index is 0.297. The normalized spacial score (nSPS) is 14.4. The van der Waals surface area contributed by atoms with Crippen LogP contribution < -0.4 is 0 Å². The van der Waals surface area contributed by atoms with Crippen molar-refractivity contribution in [2.75, 3.05) is 6.61 Å². The van der Waals surface area contributed by atoms with E-state index in [0.717, 1.165) is 10.4 Å². The lowest BCUT2D eigenvalue weighted by molar-refractivity contribution is -0.209. The van der Waals surface area contributed by atoms with Crippen LogP contribution in [0.1, 0.15) is 11.5 Å². The molecule has 1 aliphatic heterocycles. The van der Waals surface area contributed by atoms with Gasteiger partial charge in [-0.15, -0.1) is 0 Å². The van der Waals surface area contributed by atoms with Crippen LogP contribution in [0.3, 0.4) is 0 Å². The van der Waals surface area contributed by atoms with Gasteiger partial charge in [-0.2, -0.15) is 9.62 Å². The molecule has 3 rings (SSSR count). The Balaban J connectivity index is 2.04. The molecule has 92 valence electrons. The lowest BCUT2D eigenvalue weighted by atomic mass is 10.2. The molecule has 0 fully saturated rings. The molecule has 0 saturated carbocycles. The molecule has 1 aliphatic rings. The highest BCUT2D eigenvalue weighted by molar-refractivity contribution is 5.61. The zero-order valence-corrected chi connectivity index (χ0v) is 9.70. The van der Waals surface area contributed by atoms with Crippen molar-refractivity contribution in [2.24, 2.45) is 0 Å². The van der Waals surface area contributed by atoms with Gasteiger partial charge in [0.25, 0.3) is 0 Å². The van der Waals surface area contributed by atoms with Gasteiger partial charge in [-0.3, -0.25) is 4.98 Å². The Labute approximate surface area is 103 Å². The third kappa shape index (κ3) is 1.72. The zero-order valence-electron chi connectivity index (χ0n) is 9.70. The summed E-state index contributed by atoms with van der Waals surface area (Å²) < 4.78 is 0.947. The SMILES string of the molecule is Cc1cccc(-c2cnc(C3=CCOO3)n2O)n1. The van der Waals surface area contributed by atoms with Crippen LogP contribution in [-0.2, 0) is 9.78 Å². The number of rotatable bonds is 2. The van der Waals surface area contributed by atoms with E-state index in [4.69, 9.17) is 9.78 Å². The molecule has 18 heavy (non-hydrogen) atoms. The highest BCUT2D eigenvalue weighted by Crippen LogP contribution is 2.24. The van der Waals surface area contributed by atoms with Gasteiger partial charge < -0.3 is 10.1 Å². The van der Waals surface area contributed by atoms with Crippen molar-refractivity contribution in [3.63, 3.8) is 0 Å². The molecule has 6 nitrogen and oxygen atoms in total. The molecule has 0 amide bonds. The molecule has 0 aromatic carbocycles. The Kier molecular flexibility index (Phi) is 2.49. The van der Waals surface area contributed by atoms with E-state index in [1.54, 1.807) is 18.3 Å². The largest absolute Gasteiger partial charge is 0.426 e. The van der Waals surface area contributed by atoms with Crippen LogP contribution in [0, 0.1) is 6.92 Å². The molecule has 0 spiro atoms. The van der Waals surface area contributed by atoms with Gasteiger partial charge >= 0.3 is 0 Å². The second-order valence-corrected chi connectivity index (χ2v) is 3.88. The number of aromatic nitrogens is 3. The highest BCUT2D eigenvalue weighted by Gasteiger charge is 2.20. The molecule has 1 N–H and O–H groups in total. The first kappa shape index (κ1) is 10.8. The topological polar surface area (TPSA) is 69.4 Å². The first-order chi connectivity index (χ1) is 8.75. The first-order valence-electron chi connectivity index (χ1n) is 5.47. The van der Waals surface area contributed by atoms with Gasteiger partial charge in [-0.1, -0.05) is 6.07 Å². The average molecular weight is 245 g/mol. The predicted molar refractivity (Wildman–Crippen MR) is 62.4 cm³/mol. The molecular formula is C12H11N3O3. The maximum absolute atomic E-state index is 10.1. The second kappa shape index (κ2) is 4.15. The predicted octanol–water partition coefficient (Wildman–Crippen LogP) is 1.79. The van der Waals surface area contributed by atoms with E-state index < -0.39 is 0 Å². The lowest BCUT2D eigenvalue weighted by Gasteiger charge is -2.04. The standard InChI is InChI=1S/C12H11N3O3/c1-8-3-2-4-9(14-8)10-7-13-12(15(10)16)11-5-6-17-18-11/h2-5,7,16H,6H2,1H3. The fourth-order valence-electron chi connectivity index (χ4n) is 1.74. The van der Waals surface area contributed by atoms with Crippen LogP contribution in [-0.4, -0.2) is 26.5 Å². The molecule has 0 aliphatic carbocycles. The molecular weight excluding hydrogens is 234 g/mol. The summed E-state index contributed by atoms with van der Waals surface area (Å²) >= 11 is 0. The number of aryl methyl sites for hydroxylation is 1. The van der Waals surface area contributed by atoms with E-state index in [1.165, 1.54) is 0 Å². The van der Waals surface area contributed by atoms with Gasteiger partial charge in [-0.05, 0) is 25.1 Å². The van der Waals surface area contributed by atoms with Crippen LogP contribution in [0.25, 0.3) is 17.1 Å². The lowest BCUT2D eigenvalue weighted by Crippen LogP contribution is -2.01. The summed E-state index contributed by atoms with van der Waals surface area (Å²) in [6, 6.07) is 5.57. The maximum atomic E-state index is 10.1. The maximum Gasteiger partial charge on any atom is 0.215 e. The van der Waals surface area contributed by atoms with E-state index in [0.29, 0.717) is 29.6 Å². The Morgan fingerprint density at radius 3 is 3.00 bits per heavy atom. The summed E-state index contributed by atoms with van der Waals surface area (Å²) in [5.74, 6) is 0.696. The third-order valence-electron chi connectivity index (χ3n) is 2.59. The first-order valence-corrected chi connectivity index (χ1v) is 5.47. The van der Waals surface area contributed by atoms with Crippen LogP contribution in [0.2, 0.25) is 0 Å². The smallest absolute Gasteiger partial charge is 0.215 e. The van der Waals surface area contributed by atoms with Crippen molar-refractivity contribution >= 4 is 5.76 Å². The highest BCUT2D eigenvalue weighted by atomic mass is 17.2. The minimum absolute atomic E-state index is 0.297. The third-order valence-corrected chi connectivity index (χ3v) is 2.59.